The fourth-order valence-corrected chi connectivity index (χ4v) is 6.65. The van der Waals surface area contributed by atoms with E-state index in [0.717, 1.165) is 28.6 Å². The van der Waals surface area contributed by atoms with Crippen molar-refractivity contribution in [1.29, 1.82) is 0 Å². The molecule has 344 valence electrons. The lowest BCUT2D eigenvalue weighted by molar-refractivity contribution is -0.141. The van der Waals surface area contributed by atoms with E-state index in [1.807, 2.05) is 42.5 Å². The van der Waals surface area contributed by atoms with Crippen LogP contribution in [0, 0.1) is 11.9 Å². The Balaban J connectivity index is 1.36. The van der Waals surface area contributed by atoms with E-state index in [0.29, 0.717) is 5.56 Å². The highest BCUT2D eigenvalue weighted by molar-refractivity contribution is 5.99. The number of fused-ring (bicyclic) bond motifs is 1. The number of Topliss-reactive ketones (excluding diaryl/α,β-unsaturated/α-hetero) is 1. The van der Waals surface area contributed by atoms with Crippen molar-refractivity contribution in [3.8, 4) is 0 Å². The summed E-state index contributed by atoms with van der Waals surface area (Å²) in [5, 5.41) is 51.2. The van der Waals surface area contributed by atoms with E-state index in [1.165, 1.54) is 18.2 Å². The second-order valence-electron chi connectivity index (χ2n) is 15.1. The molecule has 65 heavy (non-hydrogen) atoms. The molecule has 0 aliphatic carbocycles. The summed E-state index contributed by atoms with van der Waals surface area (Å²) in [6.45, 7) is 0.0252. The van der Waals surface area contributed by atoms with Crippen molar-refractivity contribution < 1.29 is 68.0 Å². The molecule has 3 aromatic carbocycles. The number of nitrogens with one attached hydrogen (secondary N) is 5. The number of nitrogens with zero attached hydrogens (tertiary/aromatic N) is 1. The molecule has 9 N–H and O–H groups in total. The molecule has 4 aromatic rings. The second-order valence-corrected chi connectivity index (χ2v) is 15.1. The van der Waals surface area contributed by atoms with Gasteiger partial charge in [0.1, 0.15) is 18.1 Å². The minimum absolute atomic E-state index is 0.00852. The SMILES string of the molecule is O=C(O)CCC(CC(=O)c1ccnc([18F])c1)C(=O)NCc1ccc(C(=O)NC(Cc2ccc3ccccc3c2)C(=O)NCCCCC(NC(=O)NC(CCC(=O)O)C(=O)O)C(=O)O)cc1. The first-order valence-electron chi connectivity index (χ1n) is 20.5. The molecule has 0 radical (unpaired) electrons. The molecule has 1 heterocycles. The number of pyridine rings is 1. The molecular formula is C45H49FN6O13. The molecule has 0 saturated heterocycles. The largest absolute Gasteiger partial charge is 0.481 e. The number of carboxylic acid groups (broad SMARTS) is 4. The zero-order valence-corrected chi connectivity index (χ0v) is 35.0. The lowest BCUT2D eigenvalue weighted by atomic mass is 9.93. The van der Waals surface area contributed by atoms with E-state index in [1.54, 1.807) is 12.1 Å². The van der Waals surface area contributed by atoms with Crippen molar-refractivity contribution in [2.24, 2.45) is 5.92 Å². The van der Waals surface area contributed by atoms with Crippen molar-refractivity contribution >= 4 is 64.2 Å². The van der Waals surface area contributed by atoms with Crippen LogP contribution in [0.5, 0.6) is 0 Å². The van der Waals surface area contributed by atoms with Gasteiger partial charge in [-0.15, -0.1) is 0 Å². The number of ketones is 1. The first kappa shape index (κ1) is 49.9. The predicted octanol–water partition coefficient (Wildman–Crippen LogP) is 3.44. The Morgan fingerprint density at radius 3 is 1.88 bits per heavy atom. The normalized spacial score (nSPS) is 12.7. The molecule has 4 rings (SSSR count). The predicted molar refractivity (Wildman–Crippen MR) is 229 cm³/mol. The molecule has 0 saturated carbocycles. The molecule has 20 heteroatoms. The van der Waals surface area contributed by atoms with Gasteiger partial charge in [0.05, 0.1) is 0 Å². The summed E-state index contributed by atoms with van der Waals surface area (Å²) >= 11 is 0. The third kappa shape index (κ3) is 16.8. The van der Waals surface area contributed by atoms with Crippen LogP contribution in [0.3, 0.4) is 0 Å². The fraction of sp³-hybridized carbons (Fsp3) is 0.333. The monoisotopic (exact) mass is 899 g/mol. The van der Waals surface area contributed by atoms with E-state index in [9.17, 15) is 62.9 Å². The van der Waals surface area contributed by atoms with Gasteiger partial charge < -0.3 is 47.0 Å². The number of urea groups is 1. The molecule has 5 amide bonds. The number of unbranched alkanes of at least 4 members (excludes halogenated alkanes) is 1. The van der Waals surface area contributed by atoms with Crippen molar-refractivity contribution in [2.75, 3.05) is 6.54 Å². The van der Waals surface area contributed by atoms with Crippen LogP contribution < -0.4 is 26.6 Å². The van der Waals surface area contributed by atoms with Gasteiger partial charge in [0.25, 0.3) is 5.91 Å². The summed E-state index contributed by atoms with van der Waals surface area (Å²) < 4.78 is 13.6. The second kappa shape index (κ2) is 24.8. The van der Waals surface area contributed by atoms with E-state index < -0.39 is 96.2 Å². The summed E-state index contributed by atoms with van der Waals surface area (Å²) in [5.74, 6) is -9.52. The number of carboxylic acids is 4. The highest BCUT2D eigenvalue weighted by atomic mass is 18.2. The summed E-state index contributed by atoms with van der Waals surface area (Å²) in [4.78, 5) is 114. The zero-order valence-electron chi connectivity index (χ0n) is 35.0. The number of halogens is 1. The number of benzene rings is 3. The Bertz CT molecular complexity index is 2380. The summed E-state index contributed by atoms with van der Waals surface area (Å²) in [6.07, 6.45) is -0.290. The third-order valence-electron chi connectivity index (χ3n) is 10.2. The number of carbonyl (C=O) groups is 9. The number of hydrogen-bond donors (Lipinski definition) is 9. The molecule has 0 fully saturated rings. The highest BCUT2D eigenvalue weighted by Crippen LogP contribution is 2.19. The Hall–Kier alpha value is -7.77. The molecular weight excluding hydrogens is 851 g/mol. The van der Waals surface area contributed by atoms with E-state index in [2.05, 4.69) is 31.6 Å². The Labute approximate surface area is 371 Å². The minimum Gasteiger partial charge on any atom is -0.481 e. The Morgan fingerprint density at radius 2 is 1.23 bits per heavy atom. The number of aliphatic carboxylic acids is 4. The molecule has 0 aliphatic rings. The lowest BCUT2D eigenvalue weighted by Crippen LogP contribution is -2.51. The maximum atomic E-state index is 13.6. The molecule has 4 atom stereocenters. The summed E-state index contributed by atoms with van der Waals surface area (Å²) in [7, 11) is 0. The van der Waals surface area contributed by atoms with E-state index >= 15 is 0 Å². The number of carbonyl (C=O) groups excluding carboxylic acids is 5. The van der Waals surface area contributed by atoms with Crippen LogP contribution in [0.4, 0.5) is 9.18 Å². The van der Waals surface area contributed by atoms with Crippen LogP contribution in [0.2, 0.25) is 0 Å². The highest BCUT2D eigenvalue weighted by Gasteiger charge is 2.27. The number of hydrogen-bond acceptors (Lipinski definition) is 10. The van der Waals surface area contributed by atoms with Crippen molar-refractivity contribution in [1.82, 2.24) is 31.6 Å². The smallest absolute Gasteiger partial charge is 0.326 e. The zero-order chi connectivity index (χ0) is 47.5. The van der Waals surface area contributed by atoms with Gasteiger partial charge in [-0.2, -0.15) is 4.39 Å². The lowest BCUT2D eigenvalue weighted by Gasteiger charge is -2.20. The number of aromatic nitrogens is 1. The van der Waals surface area contributed by atoms with Crippen LogP contribution in [0.15, 0.2) is 85.1 Å². The van der Waals surface area contributed by atoms with Crippen molar-refractivity contribution in [2.45, 2.75) is 82.5 Å². The molecule has 19 nitrogen and oxygen atoms in total. The molecule has 0 bridgehead atoms. The summed E-state index contributed by atoms with van der Waals surface area (Å²) in [5.41, 5.74) is 1.47. The third-order valence-corrected chi connectivity index (χ3v) is 10.2. The molecule has 0 spiro atoms. The maximum Gasteiger partial charge on any atom is 0.326 e. The summed E-state index contributed by atoms with van der Waals surface area (Å²) in [6, 6.07) is 16.4. The van der Waals surface area contributed by atoms with Crippen LogP contribution in [0.25, 0.3) is 10.8 Å². The average Bonchev–Trinajstić information content (AvgIpc) is 3.27. The van der Waals surface area contributed by atoms with Crippen LogP contribution in [-0.2, 0) is 41.7 Å². The van der Waals surface area contributed by atoms with Gasteiger partial charge >= 0.3 is 29.9 Å². The van der Waals surface area contributed by atoms with Crippen LogP contribution in [0.1, 0.15) is 83.2 Å². The molecule has 4 unspecified atom stereocenters. The van der Waals surface area contributed by atoms with Crippen molar-refractivity contribution in [3.05, 3.63) is 113 Å². The first-order chi connectivity index (χ1) is 31.0. The van der Waals surface area contributed by atoms with Crippen molar-refractivity contribution in [3.63, 3.8) is 0 Å². The van der Waals surface area contributed by atoms with E-state index in [-0.39, 0.29) is 69.2 Å². The Kier molecular flexibility index (Phi) is 19.0. The van der Waals surface area contributed by atoms with Gasteiger partial charge in [0, 0.05) is 68.1 Å². The van der Waals surface area contributed by atoms with E-state index in [4.69, 9.17) is 5.11 Å². The number of rotatable bonds is 26. The van der Waals surface area contributed by atoms with Gasteiger partial charge in [-0.05, 0) is 72.2 Å². The maximum absolute atomic E-state index is 13.6. The quantitative estimate of drug-likeness (QED) is 0.0248. The number of amides is 5. The van der Waals surface area contributed by atoms with Gasteiger partial charge in [-0.3, -0.25) is 28.8 Å². The first-order valence-corrected chi connectivity index (χ1v) is 20.5. The standard InChI is InChI=1S/C45H49FN6O13/c46-37-24-31(18-20-47-37)36(53)23-32(14-16-38(54)55)40(58)49-25-26-8-12-29(13-9-26)41(59)50-35(22-27-10-11-28-5-1-2-6-30(28)21-27)42(60)48-19-4-3-7-33(43(61)62)51-45(65)52-34(44(63)64)15-17-39(56)57/h1-2,5-6,8-13,18,20-21,24,32-35H,3-4,7,14-17,19,22-23,25H2,(H,48,60)(H,49,58)(H,50,59)(H,54,55)(H,56,57)(H,61,62)(H,63,64)(H2,51,52,65)/i46-1. The van der Waals surface area contributed by atoms with Crippen LogP contribution >= 0.6 is 0 Å². The van der Waals surface area contributed by atoms with Gasteiger partial charge in [-0.1, -0.05) is 54.6 Å². The van der Waals surface area contributed by atoms with Crippen LogP contribution in [-0.4, -0.2) is 103 Å². The fourth-order valence-electron chi connectivity index (χ4n) is 6.65. The van der Waals surface area contributed by atoms with Gasteiger partial charge in [-0.25, -0.2) is 19.4 Å². The molecule has 1 aromatic heterocycles. The molecule has 0 aliphatic heterocycles. The Morgan fingerprint density at radius 1 is 0.600 bits per heavy atom. The average molecular weight is 900 g/mol. The topological polar surface area (TPSA) is 308 Å². The van der Waals surface area contributed by atoms with Gasteiger partial charge in [0.15, 0.2) is 5.78 Å². The van der Waals surface area contributed by atoms with Gasteiger partial charge in [0.2, 0.25) is 17.8 Å². The minimum atomic E-state index is -1.56.